The maximum Gasteiger partial charge on any atom is 0.142 e. The summed E-state index contributed by atoms with van der Waals surface area (Å²) in [5.41, 5.74) is 0.400. The van der Waals surface area contributed by atoms with Crippen LogP contribution in [-0.2, 0) is 0 Å². The van der Waals surface area contributed by atoms with Gasteiger partial charge in [-0.3, -0.25) is 0 Å². The summed E-state index contributed by atoms with van der Waals surface area (Å²) in [6.07, 6.45) is 1.84. The van der Waals surface area contributed by atoms with Crippen LogP contribution in [0.2, 0.25) is 0 Å². The Balaban J connectivity index is 2.95. The maximum atomic E-state index is 9.84. The van der Waals surface area contributed by atoms with Gasteiger partial charge in [0, 0.05) is 19.3 Å². The largest absolute Gasteiger partial charge is 0.389 e. The second-order valence-electron chi connectivity index (χ2n) is 4.64. The Hall–Kier alpha value is -0.610. The van der Waals surface area contributed by atoms with Gasteiger partial charge >= 0.3 is 0 Å². The van der Waals surface area contributed by atoms with Gasteiger partial charge < -0.3 is 10.0 Å². The molecule has 0 aliphatic carbocycles. The Morgan fingerprint density at radius 2 is 2.12 bits per heavy atom. The molecule has 0 unspecified atom stereocenters. The number of anilines is 1. The van der Waals surface area contributed by atoms with Crippen LogP contribution >= 0.6 is 15.9 Å². The molecule has 0 aliphatic heterocycles. The van der Waals surface area contributed by atoms with Crippen molar-refractivity contribution in [1.29, 1.82) is 0 Å². The lowest BCUT2D eigenvalue weighted by atomic mass is 10.1. The Morgan fingerprint density at radius 1 is 1.50 bits per heavy atom. The first kappa shape index (κ1) is 13.5. The molecule has 3 nitrogen and oxygen atoms in total. The third-order valence-corrected chi connectivity index (χ3v) is 2.80. The van der Waals surface area contributed by atoms with E-state index in [0.717, 1.165) is 22.4 Å². The molecule has 0 saturated heterocycles. The molecule has 1 rings (SSSR count). The average molecular weight is 287 g/mol. The van der Waals surface area contributed by atoms with Crippen molar-refractivity contribution < 1.29 is 5.11 Å². The molecule has 0 saturated carbocycles. The summed E-state index contributed by atoms with van der Waals surface area (Å²) in [6.45, 7) is 9.06. The summed E-state index contributed by atoms with van der Waals surface area (Å²) >= 11 is 3.51. The van der Waals surface area contributed by atoms with Gasteiger partial charge in [-0.25, -0.2) is 4.98 Å². The first-order valence-electron chi connectivity index (χ1n) is 5.43. The van der Waals surface area contributed by atoms with E-state index in [-0.39, 0.29) is 0 Å². The predicted molar refractivity (Wildman–Crippen MR) is 70.9 cm³/mol. The molecule has 1 aromatic rings. The molecule has 0 amide bonds. The first-order valence-corrected chi connectivity index (χ1v) is 6.22. The van der Waals surface area contributed by atoms with Crippen LogP contribution in [0.25, 0.3) is 0 Å². The fourth-order valence-corrected chi connectivity index (χ4v) is 2.28. The average Bonchev–Trinajstić information content (AvgIpc) is 2.13. The summed E-state index contributed by atoms with van der Waals surface area (Å²) in [5, 5.41) is 9.84. The van der Waals surface area contributed by atoms with E-state index >= 15 is 0 Å². The van der Waals surface area contributed by atoms with Gasteiger partial charge in [-0.1, -0.05) is 0 Å². The molecule has 0 radical (unpaired) electrons. The summed E-state index contributed by atoms with van der Waals surface area (Å²) in [4.78, 5) is 6.46. The Labute approximate surface area is 106 Å². The molecule has 4 heteroatoms. The van der Waals surface area contributed by atoms with Crippen LogP contribution in [0.15, 0.2) is 16.7 Å². The zero-order valence-corrected chi connectivity index (χ0v) is 11.9. The lowest BCUT2D eigenvalue weighted by molar-refractivity contribution is 0.0874. The van der Waals surface area contributed by atoms with Gasteiger partial charge in [0.15, 0.2) is 0 Å². The van der Waals surface area contributed by atoms with Crippen molar-refractivity contribution in [3.8, 4) is 0 Å². The number of aryl methyl sites for hydroxylation is 1. The molecule has 1 heterocycles. The SMILES string of the molecule is CCN(CC(C)(C)O)c1ncc(C)cc1Br. The Bertz CT molecular complexity index is 361. The van der Waals surface area contributed by atoms with E-state index in [0.29, 0.717) is 6.54 Å². The number of likely N-dealkylation sites (N-methyl/N-ethyl adjacent to an activating group) is 1. The summed E-state index contributed by atoms with van der Waals surface area (Å²) < 4.78 is 0.971. The molecular formula is C12H19BrN2O. The molecule has 0 spiro atoms. The summed E-state index contributed by atoms with van der Waals surface area (Å²) in [6, 6.07) is 2.04. The Kier molecular flexibility index (Phi) is 4.33. The number of aliphatic hydroxyl groups is 1. The second kappa shape index (κ2) is 5.15. The fourth-order valence-electron chi connectivity index (χ4n) is 1.56. The smallest absolute Gasteiger partial charge is 0.142 e. The van der Waals surface area contributed by atoms with E-state index in [1.165, 1.54) is 0 Å². The zero-order chi connectivity index (χ0) is 12.3. The number of rotatable bonds is 4. The molecule has 0 fully saturated rings. The number of halogens is 1. The van der Waals surface area contributed by atoms with Gasteiger partial charge in [0.1, 0.15) is 5.82 Å². The quantitative estimate of drug-likeness (QED) is 0.925. The van der Waals surface area contributed by atoms with Crippen molar-refractivity contribution >= 4 is 21.7 Å². The summed E-state index contributed by atoms with van der Waals surface area (Å²) in [5.74, 6) is 0.884. The predicted octanol–water partition coefficient (Wildman–Crippen LogP) is 2.75. The van der Waals surface area contributed by atoms with Gasteiger partial charge in [0.25, 0.3) is 0 Å². The van der Waals surface area contributed by atoms with Crippen molar-refractivity contribution in [1.82, 2.24) is 4.98 Å². The highest BCUT2D eigenvalue weighted by atomic mass is 79.9. The van der Waals surface area contributed by atoms with E-state index < -0.39 is 5.60 Å². The third-order valence-electron chi connectivity index (χ3n) is 2.22. The maximum absolute atomic E-state index is 9.84. The van der Waals surface area contributed by atoms with E-state index in [4.69, 9.17) is 0 Å². The molecule has 1 N–H and O–H groups in total. The van der Waals surface area contributed by atoms with Gasteiger partial charge in [-0.05, 0) is 55.3 Å². The van der Waals surface area contributed by atoms with Crippen LogP contribution in [0.1, 0.15) is 26.3 Å². The topological polar surface area (TPSA) is 36.4 Å². The molecule has 0 bridgehead atoms. The lowest BCUT2D eigenvalue weighted by Gasteiger charge is -2.29. The molecule has 90 valence electrons. The zero-order valence-electron chi connectivity index (χ0n) is 10.3. The number of pyridine rings is 1. The number of aromatic nitrogens is 1. The van der Waals surface area contributed by atoms with Crippen LogP contribution in [0.3, 0.4) is 0 Å². The van der Waals surface area contributed by atoms with Gasteiger partial charge in [0.2, 0.25) is 0 Å². The molecule has 16 heavy (non-hydrogen) atoms. The molecule has 0 atom stereocenters. The number of hydrogen-bond donors (Lipinski definition) is 1. The highest BCUT2D eigenvalue weighted by Crippen LogP contribution is 2.25. The van der Waals surface area contributed by atoms with E-state index in [1.807, 2.05) is 19.2 Å². The molecule has 0 aliphatic rings. The standard InChI is InChI=1S/C12H19BrN2O/c1-5-15(8-12(3,4)16)11-10(13)6-9(2)7-14-11/h6-7,16H,5,8H2,1-4H3. The summed E-state index contributed by atoms with van der Waals surface area (Å²) in [7, 11) is 0. The van der Waals surface area contributed by atoms with Crippen LogP contribution in [0, 0.1) is 6.92 Å². The van der Waals surface area contributed by atoms with Crippen LogP contribution in [-0.4, -0.2) is 28.8 Å². The first-order chi connectivity index (χ1) is 7.33. The number of nitrogens with zero attached hydrogens (tertiary/aromatic N) is 2. The lowest BCUT2D eigenvalue weighted by Crippen LogP contribution is -2.39. The van der Waals surface area contributed by atoms with Crippen molar-refractivity contribution in [3.05, 3.63) is 22.3 Å². The highest BCUT2D eigenvalue weighted by molar-refractivity contribution is 9.10. The van der Waals surface area contributed by atoms with E-state index in [2.05, 4.69) is 32.7 Å². The van der Waals surface area contributed by atoms with Gasteiger partial charge in [-0.2, -0.15) is 0 Å². The minimum absolute atomic E-state index is 0.568. The van der Waals surface area contributed by atoms with Gasteiger partial charge in [0.05, 0.1) is 10.1 Å². The van der Waals surface area contributed by atoms with Crippen molar-refractivity contribution in [3.63, 3.8) is 0 Å². The number of hydrogen-bond acceptors (Lipinski definition) is 3. The third kappa shape index (κ3) is 3.76. The van der Waals surface area contributed by atoms with Crippen LogP contribution in [0.4, 0.5) is 5.82 Å². The van der Waals surface area contributed by atoms with E-state index in [1.54, 1.807) is 13.8 Å². The molecular weight excluding hydrogens is 268 g/mol. The van der Waals surface area contributed by atoms with Crippen molar-refractivity contribution in [2.45, 2.75) is 33.3 Å². The monoisotopic (exact) mass is 286 g/mol. The minimum atomic E-state index is -0.720. The molecule has 1 aromatic heterocycles. The van der Waals surface area contributed by atoms with E-state index in [9.17, 15) is 5.11 Å². The van der Waals surface area contributed by atoms with Crippen LogP contribution < -0.4 is 4.90 Å². The Morgan fingerprint density at radius 3 is 2.56 bits per heavy atom. The van der Waals surface area contributed by atoms with Crippen LogP contribution in [0.5, 0.6) is 0 Å². The minimum Gasteiger partial charge on any atom is -0.389 e. The van der Waals surface area contributed by atoms with Crippen molar-refractivity contribution in [2.75, 3.05) is 18.0 Å². The fraction of sp³-hybridized carbons (Fsp3) is 0.583. The van der Waals surface area contributed by atoms with Gasteiger partial charge in [-0.15, -0.1) is 0 Å². The van der Waals surface area contributed by atoms with Crippen molar-refractivity contribution in [2.24, 2.45) is 0 Å². The highest BCUT2D eigenvalue weighted by Gasteiger charge is 2.19. The molecule has 0 aromatic carbocycles. The second-order valence-corrected chi connectivity index (χ2v) is 5.50. The normalized spacial score (nSPS) is 11.6.